The van der Waals surface area contributed by atoms with Crippen LogP contribution < -0.4 is 10.3 Å². The molecule has 0 saturated heterocycles. The Balaban J connectivity index is 0.000000588. The second-order valence-electron chi connectivity index (χ2n) is 7.27. The van der Waals surface area contributed by atoms with E-state index in [1.54, 1.807) is 6.07 Å². The molecule has 0 bridgehead atoms. The Morgan fingerprint density at radius 2 is 1.50 bits per heavy atom. The SMILES string of the molecule is CCc1ccc2oc(-c3ccccc3)cc(=[NH+]c3cccc(C(F)(F)F)c3)c2c1.F[B-](F)(F)F. The number of fused-ring (bicyclic) bond motifs is 1. The van der Waals surface area contributed by atoms with Crippen LogP contribution in [0.3, 0.4) is 0 Å². The van der Waals surface area contributed by atoms with E-state index in [2.05, 4.69) is 11.9 Å². The van der Waals surface area contributed by atoms with Crippen LogP contribution in [-0.4, -0.2) is 7.25 Å². The van der Waals surface area contributed by atoms with Crippen molar-refractivity contribution in [2.24, 2.45) is 0 Å². The maximum absolute atomic E-state index is 13.1. The highest BCUT2D eigenvalue weighted by Gasteiger charge is 2.31. The molecular weight excluding hydrogens is 462 g/mol. The van der Waals surface area contributed by atoms with Crippen LogP contribution >= 0.6 is 0 Å². The topological polar surface area (TPSA) is 27.1 Å². The third-order valence-corrected chi connectivity index (χ3v) is 4.76. The van der Waals surface area contributed by atoms with E-state index in [-0.39, 0.29) is 0 Å². The zero-order valence-electron chi connectivity index (χ0n) is 17.8. The Kier molecular flexibility index (Phi) is 7.49. The number of hydrogen-bond donors (Lipinski definition) is 1. The van der Waals surface area contributed by atoms with Gasteiger partial charge in [0, 0.05) is 17.7 Å². The van der Waals surface area contributed by atoms with Crippen molar-refractivity contribution in [3.8, 4) is 11.3 Å². The predicted octanol–water partition coefficient (Wildman–Crippen LogP) is 6.29. The Hall–Kier alpha value is -3.56. The fraction of sp³-hybridized carbons (Fsp3) is 0.125. The molecule has 0 amide bonds. The minimum Gasteiger partial charge on any atom is -0.456 e. The smallest absolute Gasteiger partial charge is 0.456 e. The summed E-state index contributed by atoms with van der Waals surface area (Å²) < 4.78 is 84.4. The molecular formula is C24H19BF7NO. The summed E-state index contributed by atoms with van der Waals surface area (Å²) in [7, 11) is -6.00. The van der Waals surface area contributed by atoms with Gasteiger partial charge in [0.25, 0.3) is 0 Å². The van der Waals surface area contributed by atoms with Gasteiger partial charge in [-0.05, 0) is 30.2 Å². The van der Waals surface area contributed by atoms with Gasteiger partial charge < -0.3 is 21.7 Å². The molecule has 1 N–H and O–H groups in total. The fourth-order valence-corrected chi connectivity index (χ4v) is 3.23. The van der Waals surface area contributed by atoms with Gasteiger partial charge in [-0.1, -0.05) is 49.4 Å². The zero-order chi connectivity index (χ0) is 24.9. The Morgan fingerprint density at radius 1 is 0.824 bits per heavy atom. The van der Waals surface area contributed by atoms with Crippen LogP contribution in [0.4, 0.5) is 36.1 Å². The van der Waals surface area contributed by atoms with E-state index in [9.17, 15) is 30.4 Å². The largest absolute Gasteiger partial charge is 0.673 e. The number of rotatable bonds is 3. The standard InChI is InChI=1S/C24H18F3NO.BF4/c1-2-16-11-12-22-20(13-16)21(15-23(29-22)17-7-4-3-5-8-17)28-19-10-6-9-18(14-19)24(25,26)27;2-1(3,4)5/h3-15H,2H2,1H3;/q;-1/p+1. The lowest BCUT2D eigenvalue weighted by Gasteiger charge is -2.06. The first-order valence-electron chi connectivity index (χ1n) is 10.2. The van der Waals surface area contributed by atoms with Crippen LogP contribution in [0.1, 0.15) is 18.1 Å². The van der Waals surface area contributed by atoms with Gasteiger partial charge in [0.2, 0.25) is 11.0 Å². The lowest BCUT2D eigenvalue weighted by Crippen LogP contribution is -2.70. The van der Waals surface area contributed by atoms with Crippen molar-refractivity contribution in [2.45, 2.75) is 19.5 Å². The molecule has 3 aromatic carbocycles. The number of hydrogen-bond acceptors (Lipinski definition) is 1. The van der Waals surface area contributed by atoms with Crippen molar-refractivity contribution < 1.29 is 39.8 Å². The second kappa shape index (κ2) is 10.2. The van der Waals surface area contributed by atoms with Crippen molar-refractivity contribution >= 4 is 23.9 Å². The quantitative estimate of drug-likeness (QED) is 0.270. The molecule has 2 nitrogen and oxygen atoms in total. The molecule has 0 aliphatic rings. The number of benzene rings is 3. The summed E-state index contributed by atoms with van der Waals surface area (Å²) in [6.45, 7) is 2.05. The van der Waals surface area contributed by atoms with E-state index in [0.717, 1.165) is 35.1 Å². The molecule has 0 aliphatic heterocycles. The van der Waals surface area contributed by atoms with Gasteiger partial charge in [-0.25, -0.2) is 4.99 Å². The van der Waals surface area contributed by atoms with Crippen molar-refractivity contribution in [2.75, 3.05) is 0 Å². The normalized spacial score (nSPS) is 12.4. The first kappa shape index (κ1) is 25.1. The first-order valence-corrected chi connectivity index (χ1v) is 10.2. The molecule has 0 aliphatic carbocycles. The predicted molar refractivity (Wildman–Crippen MR) is 116 cm³/mol. The zero-order valence-corrected chi connectivity index (χ0v) is 17.8. The second-order valence-corrected chi connectivity index (χ2v) is 7.27. The monoisotopic (exact) mass is 481 g/mol. The van der Waals surface area contributed by atoms with Gasteiger partial charge in [0.1, 0.15) is 11.3 Å². The van der Waals surface area contributed by atoms with Crippen LogP contribution in [0.25, 0.3) is 22.3 Å². The van der Waals surface area contributed by atoms with Crippen molar-refractivity contribution in [1.82, 2.24) is 0 Å². The van der Waals surface area contributed by atoms with Crippen LogP contribution in [0.2, 0.25) is 0 Å². The summed E-state index contributed by atoms with van der Waals surface area (Å²) >= 11 is 0. The molecule has 4 aromatic rings. The van der Waals surface area contributed by atoms with Gasteiger partial charge in [0.15, 0.2) is 0 Å². The van der Waals surface area contributed by atoms with E-state index in [0.29, 0.717) is 22.4 Å². The first-order chi connectivity index (χ1) is 15.9. The summed E-state index contributed by atoms with van der Waals surface area (Å²) in [5.74, 6) is 0.636. The fourth-order valence-electron chi connectivity index (χ4n) is 3.23. The maximum atomic E-state index is 13.1. The van der Waals surface area contributed by atoms with Gasteiger partial charge in [0.05, 0.1) is 17.0 Å². The average molecular weight is 481 g/mol. The maximum Gasteiger partial charge on any atom is 0.673 e. The van der Waals surface area contributed by atoms with Gasteiger partial charge in [-0.2, -0.15) is 13.2 Å². The Morgan fingerprint density at radius 3 is 2.12 bits per heavy atom. The van der Waals surface area contributed by atoms with Crippen molar-refractivity contribution in [3.05, 3.63) is 95.3 Å². The molecule has 178 valence electrons. The van der Waals surface area contributed by atoms with Crippen LogP contribution in [0.5, 0.6) is 0 Å². The van der Waals surface area contributed by atoms with E-state index < -0.39 is 19.0 Å². The third kappa shape index (κ3) is 6.97. The highest BCUT2D eigenvalue weighted by atomic mass is 19.5. The molecule has 0 spiro atoms. The summed E-state index contributed by atoms with van der Waals surface area (Å²) in [6.07, 6.45) is -3.55. The molecule has 0 fully saturated rings. The molecule has 34 heavy (non-hydrogen) atoms. The third-order valence-electron chi connectivity index (χ3n) is 4.76. The summed E-state index contributed by atoms with van der Waals surface area (Å²) in [4.78, 5) is 3.16. The molecule has 1 heterocycles. The summed E-state index contributed by atoms with van der Waals surface area (Å²) in [6, 6.07) is 22.5. The highest BCUT2D eigenvalue weighted by molar-refractivity contribution is 6.50. The summed E-state index contributed by atoms with van der Waals surface area (Å²) in [5, 5.41) is 1.51. The highest BCUT2D eigenvalue weighted by Crippen LogP contribution is 2.29. The number of alkyl halides is 3. The molecule has 10 heteroatoms. The van der Waals surface area contributed by atoms with E-state index in [1.807, 2.05) is 54.6 Å². The van der Waals surface area contributed by atoms with E-state index in [4.69, 9.17) is 4.42 Å². The Labute approximate surface area is 190 Å². The molecule has 0 atom stereocenters. The number of aryl methyl sites for hydroxylation is 1. The van der Waals surface area contributed by atoms with Crippen LogP contribution in [0, 0.1) is 0 Å². The molecule has 0 unspecified atom stereocenters. The molecule has 0 radical (unpaired) electrons. The number of nitrogens with one attached hydrogen (secondary N) is 1. The number of halogens is 7. The Bertz CT molecular complexity index is 1320. The molecule has 4 rings (SSSR count). The lowest BCUT2D eigenvalue weighted by atomic mass is 10.1. The van der Waals surface area contributed by atoms with Crippen LogP contribution in [-0.2, 0) is 12.6 Å². The van der Waals surface area contributed by atoms with E-state index >= 15 is 0 Å². The van der Waals surface area contributed by atoms with Gasteiger partial charge >= 0.3 is 13.4 Å². The van der Waals surface area contributed by atoms with Crippen molar-refractivity contribution in [1.29, 1.82) is 0 Å². The average Bonchev–Trinajstić information content (AvgIpc) is 2.78. The molecule has 1 aromatic heterocycles. The van der Waals surface area contributed by atoms with Gasteiger partial charge in [-0.3, -0.25) is 0 Å². The van der Waals surface area contributed by atoms with Gasteiger partial charge in [-0.15, -0.1) is 0 Å². The lowest BCUT2D eigenvalue weighted by molar-refractivity contribution is -0.401. The van der Waals surface area contributed by atoms with Crippen LogP contribution in [0.15, 0.2) is 83.3 Å². The van der Waals surface area contributed by atoms with E-state index in [1.165, 1.54) is 6.07 Å². The summed E-state index contributed by atoms with van der Waals surface area (Å²) in [5.41, 5.74) is 2.35. The molecule has 0 saturated carbocycles. The minimum atomic E-state index is -6.00. The minimum absolute atomic E-state index is 0.369. The van der Waals surface area contributed by atoms with Crippen molar-refractivity contribution in [3.63, 3.8) is 0 Å².